The average molecular weight is 369 g/mol. The van der Waals surface area contributed by atoms with Crippen LogP contribution in [0.4, 0.5) is 0 Å². The van der Waals surface area contributed by atoms with Crippen LogP contribution in [-0.4, -0.2) is 48.5 Å². The highest BCUT2D eigenvalue weighted by atomic mass is 16.6. The van der Waals surface area contributed by atoms with Crippen molar-refractivity contribution >= 4 is 11.9 Å². The number of nitrogens with two attached hydrogens (primary N) is 1. The first-order valence-electron chi connectivity index (χ1n) is 10.2. The van der Waals surface area contributed by atoms with Crippen LogP contribution >= 0.6 is 0 Å². The summed E-state index contributed by atoms with van der Waals surface area (Å²) in [6.07, 6.45) is 4.94. The van der Waals surface area contributed by atoms with Crippen molar-refractivity contribution in [2.24, 2.45) is 11.1 Å². The Morgan fingerprint density at radius 2 is 1.96 bits per heavy atom. The van der Waals surface area contributed by atoms with Gasteiger partial charge < -0.3 is 15.8 Å². The summed E-state index contributed by atoms with van der Waals surface area (Å²) in [5, 5.41) is 3.64. The first kappa shape index (κ1) is 17.2. The monoisotopic (exact) mass is 369 g/mol. The summed E-state index contributed by atoms with van der Waals surface area (Å²) in [6.45, 7) is 3.07. The van der Waals surface area contributed by atoms with Gasteiger partial charge in [-0.25, -0.2) is 4.79 Å². The van der Waals surface area contributed by atoms with Gasteiger partial charge in [0.25, 0.3) is 0 Å². The number of rotatable bonds is 2. The van der Waals surface area contributed by atoms with E-state index in [9.17, 15) is 9.59 Å². The Labute approximate surface area is 159 Å². The molecule has 2 atom stereocenters. The molecule has 3 N–H and O–H groups in total. The molecule has 27 heavy (non-hydrogen) atoms. The van der Waals surface area contributed by atoms with Crippen LogP contribution in [0.25, 0.3) is 0 Å². The Hall–Kier alpha value is -1.92. The minimum absolute atomic E-state index is 0.0935. The lowest BCUT2D eigenvalue weighted by molar-refractivity contribution is -0.139. The summed E-state index contributed by atoms with van der Waals surface area (Å²) < 4.78 is 5.89. The quantitative estimate of drug-likeness (QED) is 0.773. The Morgan fingerprint density at radius 1 is 1.19 bits per heavy atom. The zero-order chi connectivity index (χ0) is 18.6. The first-order valence-corrected chi connectivity index (χ1v) is 10.2. The third-order valence-electron chi connectivity index (χ3n) is 7.52. The van der Waals surface area contributed by atoms with Crippen molar-refractivity contribution in [1.29, 1.82) is 0 Å². The minimum atomic E-state index is -0.587. The molecule has 3 aliphatic heterocycles. The molecule has 0 radical (unpaired) electrons. The van der Waals surface area contributed by atoms with Crippen molar-refractivity contribution in [3.63, 3.8) is 0 Å². The van der Waals surface area contributed by atoms with Crippen LogP contribution in [-0.2, 0) is 15.1 Å². The molecule has 144 valence electrons. The smallest absolute Gasteiger partial charge is 0.339 e. The lowest BCUT2D eigenvalue weighted by atomic mass is 9.61. The molecule has 1 aromatic rings. The minimum Gasteiger partial charge on any atom is -0.451 e. The first-order chi connectivity index (χ1) is 13.1. The van der Waals surface area contributed by atoms with Gasteiger partial charge in [0.2, 0.25) is 5.91 Å². The maximum atomic E-state index is 12.7. The van der Waals surface area contributed by atoms with Crippen molar-refractivity contribution in [2.45, 2.75) is 56.2 Å². The van der Waals surface area contributed by atoms with E-state index >= 15 is 0 Å². The van der Waals surface area contributed by atoms with E-state index in [0.29, 0.717) is 37.3 Å². The fourth-order valence-corrected chi connectivity index (χ4v) is 6.10. The number of esters is 1. The molecule has 3 heterocycles. The molecule has 0 aromatic heterocycles. The SMILES string of the molecule is NC(=O)C1(C2NCCN3CCCC23)CCC2(CC1)OC(=O)c1ccccc12. The fourth-order valence-electron chi connectivity index (χ4n) is 6.10. The number of piperazine rings is 1. The second-order valence-corrected chi connectivity index (χ2v) is 8.63. The highest BCUT2D eigenvalue weighted by Gasteiger charge is 2.57. The van der Waals surface area contributed by atoms with Crippen molar-refractivity contribution in [1.82, 2.24) is 10.2 Å². The molecule has 6 heteroatoms. The van der Waals surface area contributed by atoms with E-state index in [1.165, 1.54) is 6.42 Å². The topological polar surface area (TPSA) is 84.7 Å². The third-order valence-corrected chi connectivity index (χ3v) is 7.52. The molecule has 1 aromatic carbocycles. The van der Waals surface area contributed by atoms with E-state index < -0.39 is 11.0 Å². The van der Waals surface area contributed by atoms with Crippen molar-refractivity contribution in [3.05, 3.63) is 35.4 Å². The predicted octanol–water partition coefficient (Wildman–Crippen LogP) is 1.53. The van der Waals surface area contributed by atoms with Crippen LogP contribution in [0.5, 0.6) is 0 Å². The zero-order valence-electron chi connectivity index (χ0n) is 15.6. The van der Waals surface area contributed by atoms with E-state index in [-0.39, 0.29) is 17.9 Å². The maximum Gasteiger partial charge on any atom is 0.339 e. The number of carbonyl (C=O) groups is 2. The molecule has 0 bridgehead atoms. The van der Waals surface area contributed by atoms with Crippen molar-refractivity contribution in [2.75, 3.05) is 19.6 Å². The van der Waals surface area contributed by atoms with Gasteiger partial charge in [0.1, 0.15) is 5.60 Å². The van der Waals surface area contributed by atoms with E-state index in [1.807, 2.05) is 24.3 Å². The van der Waals surface area contributed by atoms with Crippen molar-refractivity contribution < 1.29 is 14.3 Å². The van der Waals surface area contributed by atoms with E-state index in [1.54, 1.807) is 0 Å². The summed E-state index contributed by atoms with van der Waals surface area (Å²) in [6, 6.07) is 8.14. The summed E-state index contributed by atoms with van der Waals surface area (Å²) in [5.41, 5.74) is 6.51. The lowest BCUT2D eigenvalue weighted by Crippen LogP contribution is -2.66. The summed E-state index contributed by atoms with van der Waals surface area (Å²) >= 11 is 0. The highest BCUT2D eigenvalue weighted by molar-refractivity contribution is 5.94. The van der Waals surface area contributed by atoms with E-state index in [2.05, 4.69) is 10.2 Å². The molecule has 4 aliphatic rings. The second kappa shape index (κ2) is 6.04. The van der Waals surface area contributed by atoms with Gasteiger partial charge in [-0.2, -0.15) is 0 Å². The normalized spacial score (nSPS) is 38.4. The lowest BCUT2D eigenvalue weighted by Gasteiger charge is -2.51. The number of hydrogen-bond acceptors (Lipinski definition) is 5. The fraction of sp³-hybridized carbons (Fsp3) is 0.619. The number of carbonyl (C=O) groups excluding carboxylic acids is 2. The molecular weight excluding hydrogens is 342 g/mol. The van der Waals surface area contributed by atoms with E-state index in [4.69, 9.17) is 10.5 Å². The summed E-state index contributed by atoms with van der Waals surface area (Å²) in [5.74, 6) is -0.448. The second-order valence-electron chi connectivity index (χ2n) is 8.63. The average Bonchev–Trinajstić information content (AvgIpc) is 3.26. The molecule has 1 saturated carbocycles. The molecule has 2 saturated heterocycles. The predicted molar refractivity (Wildman–Crippen MR) is 100 cm³/mol. The Balaban J connectivity index is 1.45. The number of ether oxygens (including phenoxy) is 1. The van der Waals surface area contributed by atoms with Crippen molar-refractivity contribution in [3.8, 4) is 0 Å². The number of hydrogen-bond donors (Lipinski definition) is 2. The standard InChI is InChI=1S/C21H27N3O3/c22-19(26)20(17-16-6-3-12-24(16)13-11-23-17)7-9-21(10-8-20)15-5-2-1-4-14(15)18(25)27-21/h1-2,4-5,16-17,23H,3,6-13H2,(H2,22,26). The van der Waals surface area contributed by atoms with Crippen LogP contribution in [0.1, 0.15) is 54.4 Å². The molecule has 1 spiro atoms. The largest absolute Gasteiger partial charge is 0.451 e. The number of nitrogens with zero attached hydrogens (tertiary/aromatic N) is 1. The van der Waals surface area contributed by atoms with Gasteiger partial charge in [-0.1, -0.05) is 18.2 Å². The molecule has 2 unspecified atom stereocenters. The van der Waals surface area contributed by atoms with Gasteiger partial charge in [0.05, 0.1) is 11.0 Å². The molecule has 6 nitrogen and oxygen atoms in total. The number of amides is 1. The number of fused-ring (bicyclic) bond motifs is 3. The van der Waals surface area contributed by atoms with E-state index in [0.717, 1.165) is 31.6 Å². The Morgan fingerprint density at radius 3 is 2.74 bits per heavy atom. The zero-order valence-corrected chi connectivity index (χ0v) is 15.6. The maximum absolute atomic E-state index is 12.7. The van der Waals surface area contributed by atoms with Crippen LogP contribution in [0, 0.1) is 5.41 Å². The Bertz CT molecular complexity index is 785. The van der Waals surface area contributed by atoms with Gasteiger partial charge >= 0.3 is 5.97 Å². The van der Waals surface area contributed by atoms with Crippen LogP contribution in [0.2, 0.25) is 0 Å². The van der Waals surface area contributed by atoms with Gasteiger partial charge in [-0.3, -0.25) is 9.69 Å². The van der Waals surface area contributed by atoms with Crippen LogP contribution in [0.3, 0.4) is 0 Å². The van der Waals surface area contributed by atoms with Crippen LogP contribution < -0.4 is 11.1 Å². The number of primary amides is 1. The highest BCUT2D eigenvalue weighted by Crippen LogP contribution is 2.54. The molecular formula is C21H27N3O3. The summed E-state index contributed by atoms with van der Waals surface area (Å²) in [7, 11) is 0. The molecule has 5 rings (SSSR count). The third kappa shape index (κ3) is 2.39. The molecule has 3 fully saturated rings. The van der Waals surface area contributed by atoms with Gasteiger partial charge in [-0.15, -0.1) is 0 Å². The number of nitrogens with one attached hydrogen (secondary N) is 1. The Kier molecular flexibility index (Phi) is 3.85. The van der Waals surface area contributed by atoms with Crippen LogP contribution in [0.15, 0.2) is 24.3 Å². The number of benzene rings is 1. The van der Waals surface area contributed by atoms with Gasteiger partial charge in [-0.05, 0) is 51.1 Å². The van der Waals surface area contributed by atoms with Gasteiger partial charge in [0, 0.05) is 30.7 Å². The molecule has 1 aliphatic carbocycles. The summed E-state index contributed by atoms with van der Waals surface area (Å²) in [4.78, 5) is 27.6. The van der Waals surface area contributed by atoms with Gasteiger partial charge in [0.15, 0.2) is 0 Å². The molecule has 1 amide bonds.